The highest BCUT2D eigenvalue weighted by Crippen LogP contribution is 2.24. The first-order chi connectivity index (χ1) is 16.6. The van der Waals surface area contributed by atoms with Crippen molar-refractivity contribution in [3.63, 3.8) is 0 Å². The molecule has 11 N–H and O–H groups in total. The van der Waals surface area contributed by atoms with Gasteiger partial charge in [0, 0.05) is 26.1 Å². The number of piperidine rings is 1. The van der Waals surface area contributed by atoms with Crippen LogP contribution in [0.5, 0.6) is 0 Å². The molecule has 3 rings (SSSR count). The second-order valence-corrected chi connectivity index (χ2v) is 9.02. The molecule has 0 spiro atoms. The highest BCUT2D eigenvalue weighted by Gasteiger charge is 2.49. The number of carbonyl (C=O) groups excluding carboxylic acids is 3. The summed E-state index contributed by atoms with van der Waals surface area (Å²) in [5.41, 5.74) is 16.6. The third-order valence-electron chi connectivity index (χ3n) is 6.36. The van der Waals surface area contributed by atoms with Gasteiger partial charge < -0.3 is 57.7 Å². The molecule has 15 nitrogen and oxygen atoms in total. The summed E-state index contributed by atoms with van der Waals surface area (Å²) in [5, 5.41) is 29.5. The molecule has 0 radical (unpaired) electrons. The fourth-order valence-electron chi connectivity index (χ4n) is 4.49. The Labute approximate surface area is 202 Å². The largest absolute Gasteiger partial charge is 0.441 e. The molecule has 0 bridgehead atoms. The standard InChI is InChI=1S/C20H36N8O7/c1-28-6-4-10-13(18(28)32)26-20(24-10)27-17-14(25-12(30)7-9(22)3-2-5-21)15(31)16(35-19(23)33)11(8-29)34-17/h9-11,13-17,29,31H,2-8,21-22H2,1H3,(H2,23,33)(H,25,30)(H2,24,26,27). The molecule has 3 amide bonds. The Hall–Kier alpha value is -2.72. The van der Waals surface area contributed by atoms with Crippen LogP contribution >= 0.6 is 0 Å². The number of nitrogens with one attached hydrogen (secondary N) is 3. The Kier molecular flexibility index (Phi) is 9.07. The van der Waals surface area contributed by atoms with E-state index in [1.807, 2.05) is 0 Å². The number of aliphatic imine (C=N–C) groups is 1. The van der Waals surface area contributed by atoms with Crippen molar-refractivity contribution in [1.82, 2.24) is 20.9 Å². The molecule has 0 aromatic heterocycles. The van der Waals surface area contributed by atoms with Crippen LogP contribution in [-0.2, 0) is 19.1 Å². The van der Waals surface area contributed by atoms with Gasteiger partial charge in [0.1, 0.15) is 18.2 Å². The normalized spacial score (nSPS) is 33.3. The second kappa shape index (κ2) is 11.8. The van der Waals surface area contributed by atoms with Crippen LogP contribution < -0.4 is 33.2 Å². The first-order valence-corrected chi connectivity index (χ1v) is 11.7. The number of fused-ring (bicyclic) bond motifs is 1. The monoisotopic (exact) mass is 500 g/mol. The van der Waals surface area contributed by atoms with Crippen molar-refractivity contribution in [3.8, 4) is 0 Å². The van der Waals surface area contributed by atoms with Crippen LogP contribution in [0.25, 0.3) is 0 Å². The Morgan fingerprint density at radius 2 is 2.17 bits per heavy atom. The van der Waals surface area contributed by atoms with Gasteiger partial charge in [-0.1, -0.05) is 0 Å². The molecule has 0 aromatic carbocycles. The van der Waals surface area contributed by atoms with Gasteiger partial charge >= 0.3 is 6.09 Å². The van der Waals surface area contributed by atoms with Crippen LogP contribution in [0.4, 0.5) is 4.79 Å². The Bertz CT molecular complexity index is 814. The predicted octanol–water partition coefficient (Wildman–Crippen LogP) is -4.38. The Morgan fingerprint density at radius 3 is 2.83 bits per heavy atom. The van der Waals surface area contributed by atoms with Gasteiger partial charge in [0.2, 0.25) is 11.8 Å². The van der Waals surface area contributed by atoms with Gasteiger partial charge in [0.25, 0.3) is 0 Å². The number of guanidine groups is 1. The highest BCUT2D eigenvalue weighted by atomic mass is 16.6. The molecule has 8 unspecified atom stereocenters. The molecule has 15 heteroatoms. The smallest absolute Gasteiger partial charge is 0.404 e. The van der Waals surface area contributed by atoms with Gasteiger partial charge in [0.15, 0.2) is 24.3 Å². The van der Waals surface area contributed by atoms with E-state index >= 15 is 0 Å². The number of primary amides is 1. The van der Waals surface area contributed by atoms with E-state index in [1.54, 1.807) is 11.9 Å². The van der Waals surface area contributed by atoms with Crippen molar-refractivity contribution in [3.05, 3.63) is 0 Å². The van der Waals surface area contributed by atoms with E-state index in [1.165, 1.54) is 0 Å². The summed E-state index contributed by atoms with van der Waals surface area (Å²) in [4.78, 5) is 42.5. The molecule has 0 aliphatic carbocycles. The first-order valence-electron chi connectivity index (χ1n) is 11.7. The summed E-state index contributed by atoms with van der Waals surface area (Å²) in [6.07, 6.45) is -4.41. The minimum Gasteiger partial charge on any atom is -0.441 e. The predicted molar refractivity (Wildman–Crippen MR) is 123 cm³/mol. The minimum absolute atomic E-state index is 0.0368. The van der Waals surface area contributed by atoms with Crippen LogP contribution in [0.3, 0.4) is 0 Å². The van der Waals surface area contributed by atoms with E-state index in [9.17, 15) is 24.6 Å². The molecule has 8 atom stereocenters. The zero-order valence-electron chi connectivity index (χ0n) is 19.6. The summed E-state index contributed by atoms with van der Waals surface area (Å²) >= 11 is 0. The van der Waals surface area contributed by atoms with Crippen LogP contribution in [0.15, 0.2) is 4.99 Å². The number of nitrogens with zero attached hydrogens (tertiary/aromatic N) is 2. The quantitative estimate of drug-likeness (QED) is 0.150. The molecule has 3 aliphatic heterocycles. The number of hydrogen-bond donors (Lipinski definition) is 8. The summed E-state index contributed by atoms with van der Waals surface area (Å²) < 4.78 is 10.8. The van der Waals surface area contributed by atoms with E-state index in [0.29, 0.717) is 32.4 Å². The van der Waals surface area contributed by atoms with Gasteiger partial charge in [-0.2, -0.15) is 0 Å². The molecule has 198 valence electrons. The third-order valence-corrected chi connectivity index (χ3v) is 6.36. The Morgan fingerprint density at radius 1 is 1.43 bits per heavy atom. The number of ether oxygens (including phenoxy) is 2. The zero-order chi connectivity index (χ0) is 25.7. The van der Waals surface area contributed by atoms with Crippen molar-refractivity contribution in [2.24, 2.45) is 22.2 Å². The van der Waals surface area contributed by atoms with E-state index in [2.05, 4.69) is 20.9 Å². The molecule has 2 fully saturated rings. The van der Waals surface area contributed by atoms with Crippen molar-refractivity contribution in [2.45, 2.75) is 74.4 Å². The van der Waals surface area contributed by atoms with Crippen molar-refractivity contribution in [2.75, 3.05) is 26.7 Å². The summed E-state index contributed by atoms with van der Waals surface area (Å²) in [6, 6.07) is -2.40. The van der Waals surface area contributed by atoms with E-state index in [4.69, 9.17) is 26.7 Å². The lowest BCUT2D eigenvalue weighted by Gasteiger charge is -2.44. The fourth-order valence-corrected chi connectivity index (χ4v) is 4.49. The fraction of sp³-hybridized carbons (Fsp3) is 0.800. The maximum Gasteiger partial charge on any atom is 0.404 e. The van der Waals surface area contributed by atoms with Gasteiger partial charge in [-0.25, -0.2) is 9.79 Å². The van der Waals surface area contributed by atoms with Gasteiger partial charge in [-0.05, 0) is 25.8 Å². The maximum absolute atomic E-state index is 12.7. The number of carbonyl (C=O) groups is 3. The van der Waals surface area contributed by atoms with Gasteiger partial charge in [-0.15, -0.1) is 0 Å². The topological polar surface area (TPSA) is 240 Å². The molecule has 0 saturated carbocycles. The number of nitrogens with two attached hydrogens (primary N) is 3. The van der Waals surface area contributed by atoms with Crippen LogP contribution in [0, 0.1) is 0 Å². The number of aliphatic hydroxyl groups excluding tert-OH is 2. The minimum atomic E-state index is -1.49. The average Bonchev–Trinajstić information content (AvgIpc) is 3.22. The van der Waals surface area contributed by atoms with E-state index in [-0.39, 0.29) is 24.3 Å². The molecule has 2 saturated heterocycles. The van der Waals surface area contributed by atoms with Crippen LogP contribution in [0.2, 0.25) is 0 Å². The average molecular weight is 501 g/mol. The summed E-state index contributed by atoms with van der Waals surface area (Å²) in [7, 11) is 1.70. The van der Waals surface area contributed by atoms with E-state index < -0.39 is 61.3 Å². The lowest BCUT2D eigenvalue weighted by molar-refractivity contribution is -0.198. The maximum atomic E-state index is 12.7. The summed E-state index contributed by atoms with van der Waals surface area (Å²) in [5.74, 6) is -0.360. The number of amides is 3. The van der Waals surface area contributed by atoms with Gasteiger partial charge in [0.05, 0.1) is 12.6 Å². The lowest BCUT2D eigenvalue weighted by atomic mass is 9.95. The van der Waals surface area contributed by atoms with Crippen molar-refractivity contribution >= 4 is 23.9 Å². The van der Waals surface area contributed by atoms with Gasteiger partial charge in [-0.3, -0.25) is 9.59 Å². The first kappa shape index (κ1) is 26.9. The molecular formula is C20H36N8O7. The second-order valence-electron chi connectivity index (χ2n) is 9.02. The van der Waals surface area contributed by atoms with E-state index in [0.717, 1.165) is 0 Å². The van der Waals surface area contributed by atoms with Crippen molar-refractivity contribution < 1.29 is 34.1 Å². The summed E-state index contributed by atoms with van der Waals surface area (Å²) in [6.45, 7) is 0.420. The van der Waals surface area contributed by atoms with Crippen molar-refractivity contribution in [1.29, 1.82) is 0 Å². The SMILES string of the molecule is CN1CCC2NC(NC3OC(CO)C(OC(N)=O)C(O)C3NC(=O)CC(N)CCCN)=NC2C1=O. The lowest BCUT2D eigenvalue weighted by Crippen LogP contribution is -2.69. The molecular weight excluding hydrogens is 464 g/mol. The molecule has 3 aliphatic rings. The van der Waals surface area contributed by atoms with Crippen LogP contribution in [0.1, 0.15) is 25.7 Å². The number of aliphatic hydroxyl groups is 2. The number of likely N-dealkylation sites (N-methyl/N-ethyl adjacent to an activating group) is 1. The number of rotatable bonds is 9. The molecule has 35 heavy (non-hydrogen) atoms. The zero-order valence-corrected chi connectivity index (χ0v) is 19.6. The van der Waals surface area contributed by atoms with Crippen LogP contribution in [-0.4, -0.2) is 114 Å². The molecule has 0 aromatic rings. The number of hydrogen-bond acceptors (Lipinski definition) is 12. The Balaban J connectivity index is 1.76. The third kappa shape index (κ3) is 6.49. The highest BCUT2D eigenvalue weighted by molar-refractivity contribution is 5.92. The number of likely N-dealkylation sites (tertiary alicyclic amines) is 1. The molecule has 3 heterocycles.